The highest BCUT2D eigenvalue weighted by Gasteiger charge is 2.61. The number of esters is 1. The fourth-order valence-electron chi connectivity index (χ4n) is 4.04. The standard InChI is InChI=1S/C18H22N2O4/c1-11(2)24-13-5-15-19-14(18-8-17(3,9-18)23-10-18)7-20(15)6-12(13)16(21)22-4/h5-7,11H,8-10H2,1-4H3. The molecule has 1 saturated carbocycles. The van der Waals surface area contributed by atoms with E-state index in [0.29, 0.717) is 17.9 Å². The minimum atomic E-state index is -0.415. The fourth-order valence-corrected chi connectivity index (χ4v) is 4.04. The van der Waals surface area contributed by atoms with Gasteiger partial charge in [0.05, 0.1) is 31.1 Å². The number of fused-ring (bicyclic) bond motifs is 2. The van der Waals surface area contributed by atoms with Gasteiger partial charge in [0.25, 0.3) is 0 Å². The Morgan fingerprint density at radius 2 is 2.12 bits per heavy atom. The van der Waals surface area contributed by atoms with E-state index < -0.39 is 5.97 Å². The van der Waals surface area contributed by atoms with Crippen molar-refractivity contribution in [2.75, 3.05) is 13.7 Å². The molecule has 128 valence electrons. The Kier molecular flexibility index (Phi) is 3.19. The summed E-state index contributed by atoms with van der Waals surface area (Å²) in [6, 6.07) is 1.81. The van der Waals surface area contributed by atoms with Gasteiger partial charge in [-0.2, -0.15) is 0 Å². The van der Waals surface area contributed by atoms with E-state index >= 15 is 0 Å². The van der Waals surface area contributed by atoms with Crippen LogP contribution < -0.4 is 4.74 Å². The van der Waals surface area contributed by atoms with Gasteiger partial charge < -0.3 is 18.6 Å². The lowest BCUT2D eigenvalue weighted by Crippen LogP contribution is -2.45. The van der Waals surface area contributed by atoms with Gasteiger partial charge in [-0.25, -0.2) is 9.78 Å². The Bertz CT molecular complexity index is 818. The van der Waals surface area contributed by atoms with Gasteiger partial charge in [-0.15, -0.1) is 0 Å². The highest BCUT2D eigenvalue weighted by atomic mass is 16.5. The minimum Gasteiger partial charge on any atom is -0.490 e. The molecule has 24 heavy (non-hydrogen) atoms. The zero-order chi connectivity index (χ0) is 17.1. The van der Waals surface area contributed by atoms with E-state index in [1.165, 1.54) is 7.11 Å². The molecule has 5 rings (SSSR count). The average molecular weight is 330 g/mol. The molecular weight excluding hydrogens is 308 g/mol. The maximum Gasteiger partial charge on any atom is 0.343 e. The molecule has 0 aromatic carbocycles. The maximum absolute atomic E-state index is 12.1. The summed E-state index contributed by atoms with van der Waals surface area (Å²) in [5.74, 6) is 0.0847. The van der Waals surface area contributed by atoms with Gasteiger partial charge >= 0.3 is 5.97 Å². The summed E-state index contributed by atoms with van der Waals surface area (Å²) in [6.45, 7) is 6.71. The van der Waals surface area contributed by atoms with Gasteiger partial charge in [0.15, 0.2) is 0 Å². The number of pyridine rings is 1. The predicted octanol–water partition coefficient (Wildman–Crippen LogP) is 2.73. The average Bonchev–Trinajstić information content (AvgIpc) is 3.15. The Labute approximate surface area is 140 Å². The van der Waals surface area contributed by atoms with Crippen molar-refractivity contribution in [3.8, 4) is 5.75 Å². The third kappa shape index (κ3) is 2.20. The summed E-state index contributed by atoms with van der Waals surface area (Å²) in [4.78, 5) is 16.9. The molecule has 0 unspecified atom stereocenters. The molecule has 4 heterocycles. The van der Waals surface area contributed by atoms with Crippen LogP contribution >= 0.6 is 0 Å². The normalized spacial score (nSPS) is 28.2. The second kappa shape index (κ2) is 4.96. The van der Waals surface area contributed by atoms with Crippen molar-refractivity contribution in [3.63, 3.8) is 0 Å². The molecular formula is C18H22N2O4. The molecule has 6 nitrogen and oxygen atoms in total. The number of imidazole rings is 1. The van der Waals surface area contributed by atoms with E-state index in [2.05, 4.69) is 6.92 Å². The van der Waals surface area contributed by atoms with Crippen LogP contribution in [0.15, 0.2) is 18.5 Å². The highest BCUT2D eigenvalue weighted by molar-refractivity contribution is 5.92. The fraction of sp³-hybridized carbons (Fsp3) is 0.556. The van der Waals surface area contributed by atoms with Crippen LogP contribution in [0.1, 0.15) is 49.7 Å². The summed E-state index contributed by atoms with van der Waals surface area (Å²) in [5.41, 5.74) is 2.23. The summed E-state index contributed by atoms with van der Waals surface area (Å²) < 4.78 is 18.4. The van der Waals surface area contributed by atoms with Gasteiger partial charge in [-0.3, -0.25) is 0 Å². The number of nitrogens with zero attached hydrogens (tertiary/aromatic N) is 2. The summed E-state index contributed by atoms with van der Waals surface area (Å²) >= 11 is 0. The van der Waals surface area contributed by atoms with Crippen LogP contribution in [-0.2, 0) is 14.9 Å². The number of carbonyl (C=O) groups excluding carboxylic acids is 1. The Morgan fingerprint density at radius 3 is 2.71 bits per heavy atom. The second-order valence-electron chi connectivity index (χ2n) is 7.47. The third-order valence-electron chi connectivity index (χ3n) is 4.99. The first-order chi connectivity index (χ1) is 11.3. The molecule has 3 fully saturated rings. The summed E-state index contributed by atoms with van der Waals surface area (Å²) in [6.07, 6.45) is 5.69. The minimum absolute atomic E-state index is 0.0128. The molecule has 2 bridgehead atoms. The van der Waals surface area contributed by atoms with Crippen molar-refractivity contribution < 1.29 is 19.0 Å². The van der Waals surface area contributed by atoms with Gasteiger partial charge in [0.2, 0.25) is 0 Å². The van der Waals surface area contributed by atoms with Crippen molar-refractivity contribution in [3.05, 3.63) is 29.7 Å². The van der Waals surface area contributed by atoms with Crippen LogP contribution in [0.5, 0.6) is 5.75 Å². The number of carbonyl (C=O) groups is 1. The van der Waals surface area contributed by atoms with E-state index in [-0.39, 0.29) is 17.1 Å². The molecule has 0 amide bonds. The molecule has 2 saturated heterocycles. The van der Waals surface area contributed by atoms with Crippen molar-refractivity contribution >= 4 is 11.6 Å². The van der Waals surface area contributed by atoms with Crippen LogP contribution in [0.4, 0.5) is 0 Å². The molecule has 2 aliphatic heterocycles. The first kappa shape index (κ1) is 15.4. The zero-order valence-corrected chi connectivity index (χ0v) is 14.5. The van der Waals surface area contributed by atoms with Crippen molar-refractivity contribution in [1.29, 1.82) is 0 Å². The summed E-state index contributed by atoms with van der Waals surface area (Å²) in [7, 11) is 1.37. The van der Waals surface area contributed by atoms with E-state index in [4.69, 9.17) is 19.2 Å². The van der Waals surface area contributed by atoms with Gasteiger partial charge in [0.1, 0.15) is 17.0 Å². The Hall–Kier alpha value is -2.08. The second-order valence-corrected chi connectivity index (χ2v) is 7.47. The van der Waals surface area contributed by atoms with E-state index in [9.17, 15) is 4.79 Å². The molecule has 2 aromatic rings. The number of methoxy groups -OCH3 is 1. The topological polar surface area (TPSA) is 62.1 Å². The number of hydrogen-bond acceptors (Lipinski definition) is 5. The van der Waals surface area contributed by atoms with Gasteiger partial charge in [0, 0.05) is 23.9 Å². The van der Waals surface area contributed by atoms with E-state index in [1.807, 2.05) is 24.4 Å². The van der Waals surface area contributed by atoms with Crippen LogP contribution in [0, 0.1) is 0 Å². The molecule has 0 N–H and O–H groups in total. The lowest BCUT2D eigenvalue weighted by Gasteiger charge is -2.41. The van der Waals surface area contributed by atoms with Crippen LogP contribution in [0.25, 0.3) is 5.65 Å². The first-order valence-electron chi connectivity index (χ1n) is 8.26. The van der Waals surface area contributed by atoms with Crippen molar-refractivity contribution in [2.24, 2.45) is 0 Å². The lowest BCUT2D eigenvalue weighted by molar-refractivity contribution is 0.0154. The van der Waals surface area contributed by atoms with Crippen LogP contribution in [0.3, 0.4) is 0 Å². The monoisotopic (exact) mass is 330 g/mol. The SMILES string of the molecule is COC(=O)c1cn2cc(C34COC(C)(C3)C4)nc2cc1OC(C)C. The Morgan fingerprint density at radius 1 is 1.38 bits per heavy atom. The lowest BCUT2D eigenvalue weighted by atomic mass is 9.62. The molecule has 1 aliphatic carbocycles. The van der Waals surface area contributed by atoms with Crippen molar-refractivity contribution in [2.45, 2.75) is 50.7 Å². The number of ether oxygens (including phenoxy) is 3. The van der Waals surface area contributed by atoms with Crippen molar-refractivity contribution in [1.82, 2.24) is 9.38 Å². The smallest absolute Gasteiger partial charge is 0.343 e. The third-order valence-corrected chi connectivity index (χ3v) is 4.99. The van der Waals surface area contributed by atoms with Crippen LogP contribution in [0.2, 0.25) is 0 Å². The molecule has 0 spiro atoms. The zero-order valence-electron chi connectivity index (χ0n) is 14.5. The van der Waals surface area contributed by atoms with E-state index in [1.54, 1.807) is 12.3 Å². The molecule has 0 atom stereocenters. The van der Waals surface area contributed by atoms with Gasteiger partial charge in [-0.05, 0) is 33.6 Å². The molecule has 0 radical (unpaired) electrons. The van der Waals surface area contributed by atoms with Gasteiger partial charge in [-0.1, -0.05) is 0 Å². The largest absolute Gasteiger partial charge is 0.490 e. The summed E-state index contributed by atoms with van der Waals surface area (Å²) in [5, 5.41) is 0. The quantitative estimate of drug-likeness (QED) is 0.807. The number of rotatable bonds is 4. The molecule has 6 heteroatoms. The van der Waals surface area contributed by atoms with Crippen LogP contribution in [-0.4, -0.2) is 40.8 Å². The maximum atomic E-state index is 12.1. The molecule has 2 aromatic heterocycles. The predicted molar refractivity (Wildman–Crippen MR) is 87.6 cm³/mol. The Balaban J connectivity index is 1.78. The van der Waals surface area contributed by atoms with E-state index in [0.717, 1.165) is 24.2 Å². The number of hydrogen-bond donors (Lipinski definition) is 0. The number of aromatic nitrogens is 2. The molecule has 3 aliphatic rings. The highest BCUT2D eigenvalue weighted by Crippen LogP contribution is 2.58. The first-order valence-corrected chi connectivity index (χ1v) is 8.26.